The van der Waals surface area contributed by atoms with Gasteiger partial charge >= 0.3 is 0 Å². The van der Waals surface area contributed by atoms with Crippen molar-refractivity contribution in [2.75, 3.05) is 0 Å². The quantitative estimate of drug-likeness (QED) is 0.581. The van der Waals surface area contributed by atoms with Gasteiger partial charge in [-0.1, -0.05) is 0 Å². The molecule has 0 unspecified atom stereocenters. The summed E-state index contributed by atoms with van der Waals surface area (Å²) in [6.07, 6.45) is 5.08. The Morgan fingerprint density at radius 1 is 1.15 bits per heavy atom. The van der Waals surface area contributed by atoms with Crippen LogP contribution in [0.15, 0.2) is 47.7 Å². The van der Waals surface area contributed by atoms with E-state index in [1.807, 2.05) is 24.3 Å². The molecular formula is C14H8N4OS. The average molecular weight is 280 g/mol. The van der Waals surface area contributed by atoms with Crippen LogP contribution >= 0.6 is 11.3 Å². The largest absolute Gasteiger partial charge is 0.305 e. The van der Waals surface area contributed by atoms with Crippen molar-refractivity contribution in [3.63, 3.8) is 0 Å². The fourth-order valence-electron chi connectivity index (χ4n) is 2.13. The summed E-state index contributed by atoms with van der Waals surface area (Å²) in [4.78, 5) is 28.7. The number of hydrogen-bond donors (Lipinski definition) is 1. The van der Waals surface area contributed by atoms with E-state index in [1.54, 1.807) is 18.6 Å². The molecular weight excluding hydrogens is 272 g/mol. The molecule has 0 spiro atoms. The number of H-pyrrole nitrogens is 1. The van der Waals surface area contributed by atoms with Gasteiger partial charge in [-0.15, -0.1) is 11.3 Å². The molecule has 4 aromatic heterocycles. The van der Waals surface area contributed by atoms with E-state index in [2.05, 4.69) is 19.9 Å². The number of hydrogen-bond acceptors (Lipinski definition) is 5. The van der Waals surface area contributed by atoms with E-state index in [1.165, 1.54) is 11.3 Å². The van der Waals surface area contributed by atoms with Crippen LogP contribution in [0, 0.1) is 0 Å². The Hall–Kier alpha value is -2.60. The Kier molecular flexibility index (Phi) is 2.37. The van der Waals surface area contributed by atoms with Crippen LogP contribution in [0.4, 0.5) is 0 Å². The Bertz CT molecular complexity index is 975. The third-order valence-corrected chi connectivity index (χ3v) is 4.14. The van der Waals surface area contributed by atoms with Gasteiger partial charge in [0.15, 0.2) is 0 Å². The van der Waals surface area contributed by atoms with Crippen LogP contribution in [0.25, 0.3) is 31.8 Å². The van der Waals surface area contributed by atoms with Crippen molar-refractivity contribution in [2.45, 2.75) is 0 Å². The van der Waals surface area contributed by atoms with Crippen molar-refractivity contribution in [3.05, 3.63) is 53.2 Å². The fraction of sp³-hybridized carbons (Fsp3) is 0. The van der Waals surface area contributed by atoms with Crippen LogP contribution in [0.1, 0.15) is 0 Å². The minimum Gasteiger partial charge on any atom is -0.305 e. The highest BCUT2D eigenvalue weighted by molar-refractivity contribution is 7.25. The first-order chi connectivity index (χ1) is 9.83. The standard InChI is InChI=1S/C14H8N4OS/c19-13-11-10(9-4-2-6-16-14(9)20-11)17-12(18-13)8-3-1-5-15-7-8/h1-7H,(H,17,18,19). The van der Waals surface area contributed by atoms with Crippen LogP contribution in [0.5, 0.6) is 0 Å². The number of pyridine rings is 2. The fourth-order valence-corrected chi connectivity index (χ4v) is 3.11. The predicted octanol–water partition coefficient (Wildman–Crippen LogP) is 2.59. The molecule has 4 heterocycles. The third kappa shape index (κ3) is 1.62. The molecule has 0 atom stereocenters. The highest BCUT2D eigenvalue weighted by Gasteiger charge is 2.12. The highest BCUT2D eigenvalue weighted by Crippen LogP contribution is 2.29. The second-order valence-corrected chi connectivity index (χ2v) is 5.29. The third-order valence-electron chi connectivity index (χ3n) is 3.04. The Balaban J connectivity index is 2.11. The van der Waals surface area contributed by atoms with Crippen LogP contribution in [0.3, 0.4) is 0 Å². The monoisotopic (exact) mass is 280 g/mol. The van der Waals surface area contributed by atoms with E-state index in [0.717, 1.165) is 15.8 Å². The van der Waals surface area contributed by atoms with Crippen LogP contribution in [-0.2, 0) is 0 Å². The van der Waals surface area contributed by atoms with Gasteiger partial charge in [-0.05, 0) is 24.3 Å². The van der Waals surface area contributed by atoms with E-state index < -0.39 is 0 Å². The van der Waals surface area contributed by atoms with Gasteiger partial charge in [0, 0.05) is 29.5 Å². The zero-order valence-corrected chi connectivity index (χ0v) is 11.0. The smallest absolute Gasteiger partial charge is 0.269 e. The molecule has 0 saturated carbocycles. The van der Waals surface area contributed by atoms with Gasteiger partial charge in [-0.2, -0.15) is 0 Å². The van der Waals surface area contributed by atoms with E-state index in [-0.39, 0.29) is 5.56 Å². The SMILES string of the molecule is O=c1[nH]c(-c2cccnc2)nc2c1sc1ncccc12. The molecule has 0 aliphatic carbocycles. The second kappa shape index (κ2) is 4.21. The molecule has 0 aliphatic heterocycles. The molecule has 0 fully saturated rings. The van der Waals surface area contributed by atoms with Gasteiger partial charge in [-0.25, -0.2) is 9.97 Å². The van der Waals surface area contributed by atoms with Gasteiger partial charge in [0.2, 0.25) is 0 Å². The van der Waals surface area contributed by atoms with E-state index in [9.17, 15) is 4.79 Å². The predicted molar refractivity (Wildman–Crippen MR) is 78.8 cm³/mol. The lowest BCUT2D eigenvalue weighted by Crippen LogP contribution is -2.07. The van der Waals surface area contributed by atoms with E-state index >= 15 is 0 Å². The maximum atomic E-state index is 12.2. The van der Waals surface area contributed by atoms with Crippen molar-refractivity contribution >= 4 is 31.8 Å². The molecule has 0 bridgehead atoms. The number of nitrogens with zero attached hydrogens (tertiary/aromatic N) is 3. The van der Waals surface area contributed by atoms with Gasteiger partial charge < -0.3 is 4.98 Å². The summed E-state index contributed by atoms with van der Waals surface area (Å²) >= 11 is 1.36. The van der Waals surface area contributed by atoms with Gasteiger partial charge in [0.1, 0.15) is 15.4 Å². The molecule has 1 N–H and O–H groups in total. The van der Waals surface area contributed by atoms with Gasteiger partial charge in [0.05, 0.1) is 5.52 Å². The Morgan fingerprint density at radius 3 is 2.90 bits per heavy atom. The molecule has 96 valence electrons. The summed E-state index contributed by atoms with van der Waals surface area (Å²) in [6.45, 7) is 0. The Morgan fingerprint density at radius 2 is 2.05 bits per heavy atom. The van der Waals surface area contributed by atoms with Gasteiger partial charge in [0.25, 0.3) is 5.56 Å². The number of thiophene rings is 1. The summed E-state index contributed by atoms with van der Waals surface area (Å²) in [5.41, 5.74) is 1.34. The minimum absolute atomic E-state index is 0.142. The molecule has 5 nitrogen and oxygen atoms in total. The van der Waals surface area contributed by atoms with Crippen molar-refractivity contribution in [1.82, 2.24) is 19.9 Å². The first-order valence-electron chi connectivity index (χ1n) is 6.01. The lowest BCUT2D eigenvalue weighted by molar-refractivity contribution is 1.18. The topological polar surface area (TPSA) is 71.5 Å². The van der Waals surface area contributed by atoms with Crippen molar-refractivity contribution < 1.29 is 0 Å². The summed E-state index contributed by atoms with van der Waals surface area (Å²) in [7, 11) is 0. The lowest BCUT2D eigenvalue weighted by atomic mass is 10.2. The number of aromatic nitrogens is 4. The zero-order chi connectivity index (χ0) is 13.5. The van der Waals surface area contributed by atoms with E-state index in [4.69, 9.17) is 0 Å². The van der Waals surface area contributed by atoms with Gasteiger partial charge in [-0.3, -0.25) is 9.78 Å². The normalized spacial score (nSPS) is 11.2. The van der Waals surface area contributed by atoms with Crippen molar-refractivity contribution in [3.8, 4) is 11.4 Å². The zero-order valence-electron chi connectivity index (χ0n) is 10.2. The number of rotatable bonds is 1. The van der Waals surface area contributed by atoms with Crippen LogP contribution < -0.4 is 5.56 Å². The maximum absolute atomic E-state index is 12.2. The maximum Gasteiger partial charge on any atom is 0.269 e. The second-order valence-electron chi connectivity index (χ2n) is 4.29. The van der Waals surface area contributed by atoms with E-state index in [0.29, 0.717) is 16.0 Å². The molecule has 0 aliphatic rings. The number of nitrogens with one attached hydrogen (secondary N) is 1. The molecule has 6 heteroatoms. The first-order valence-corrected chi connectivity index (χ1v) is 6.82. The summed E-state index contributed by atoms with van der Waals surface area (Å²) in [5, 5.41) is 0.906. The van der Waals surface area contributed by atoms with Crippen molar-refractivity contribution in [2.24, 2.45) is 0 Å². The average Bonchev–Trinajstić information content (AvgIpc) is 2.88. The molecule has 4 rings (SSSR count). The molecule has 0 radical (unpaired) electrons. The number of aromatic amines is 1. The van der Waals surface area contributed by atoms with Crippen LogP contribution in [-0.4, -0.2) is 19.9 Å². The molecule has 0 saturated heterocycles. The molecule has 20 heavy (non-hydrogen) atoms. The summed E-state index contributed by atoms with van der Waals surface area (Å²) in [6, 6.07) is 7.46. The minimum atomic E-state index is -0.142. The number of fused-ring (bicyclic) bond motifs is 3. The van der Waals surface area contributed by atoms with Crippen molar-refractivity contribution in [1.29, 1.82) is 0 Å². The Labute approximate surface area is 117 Å². The highest BCUT2D eigenvalue weighted by atomic mass is 32.1. The molecule has 4 aromatic rings. The lowest BCUT2D eigenvalue weighted by Gasteiger charge is -1.99. The first kappa shape index (κ1) is 11.2. The summed E-state index contributed by atoms with van der Waals surface area (Å²) in [5.74, 6) is 0.527. The molecule has 0 amide bonds. The summed E-state index contributed by atoms with van der Waals surface area (Å²) < 4.78 is 0.603. The van der Waals surface area contributed by atoms with Crippen LogP contribution in [0.2, 0.25) is 0 Å². The molecule has 0 aromatic carbocycles.